The Morgan fingerprint density at radius 3 is 2.56 bits per heavy atom. The highest BCUT2D eigenvalue weighted by Gasteiger charge is 2.37. The van der Waals surface area contributed by atoms with Gasteiger partial charge in [0.25, 0.3) is 11.8 Å². The first kappa shape index (κ1) is 16.8. The normalized spacial score (nSPS) is 17.9. The first-order valence-electron chi connectivity index (χ1n) is 8.09. The van der Waals surface area contributed by atoms with Crippen molar-refractivity contribution in [2.75, 3.05) is 18.1 Å². The Morgan fingerprint density at radius 1 is 1.00 bits per heavy atom. The molecule has 1 fully saturated rings. The second-order valence-electron chi connectivity index (χ2n) is 5.84. The molecule has 8 heteroatoms. The molecule has 2 aromatic rings. The van der Waals surface area contributed by atoms with E-state index in [4.69, 9.17) is 9.47 Å². The Bertz CT molecular complexity index is 1000. The molecule has 2 aromatic carbocycles. The molecule has 2 aliphatic rings. The maximum absolute atomic E-state index is 13.5. The van der Waals surface area contributed by atoms with Crippen LogP contribution in [0.5, 0.6) is 11.5 Å². The van der Waals surface area contributed by atoms with Crippen LogP contribution in [-0.4, -0.2) is 31.1 Å². The fraction of sp³-hybridized carbons (Fsp3) is 0.105. The van der Waals surface area contributed by atoms with Crippen molar-refractivity contribution < 1.29 is 28.2 Å². The molecule has 0 spiro atoms. The number of hydrogen-bond donors (Lipinski definition) is 1. The smallest absolute Gasteiger partial charge is 0.335 e. The molecule has 4 amide bonds. The zero-order chi connectivity index (χ0) is 19.0. The fourth-order valence-electron chi connectivity index (χ4n) is 2.82. The molecule has 1 N–H and O–H groups in total. The van der Waals surface area contributed by atoms with Gasteiger partial charge < -0.3 is 9.47 Å². The Morgan fingerprint density at radius 2 is 1.78 bits per heavy atom. The Kier molecular flexibility index (Phi) is 4.08. The van der Waals surface area contributed by atoms with Crippen molar-refractivity contribution in [3.63, 3.8) is 0 Å². The number of fused-ring (bicyclic) bond motifs is 1. The van der Waals surface area contributed by atoms with Crippen LogP contribution in [0.4, 0.5) is 14.9 Å². The number of carbonyl (C=O) groups excluding carboxylic acids is 3. The van der Waals surface area contributed by atoms with E-state index >= 15 is 0 Å². The van der Waals surface area contributed by atoms with Gasteiger partial charge in [0.05, 0.1) is 5.69 Å². The van der Waals surface area contributed by atoms with E-state index in [2.05, 4.69) is 5.32 Å². The van der Waals surface area contributed by atoms with Gasteiger partial charge in [0.15, 0.2) is 11.5 Å². The topological polar surface area (TPSA) is 84.9 Å². The summed E-state index contributed by atoms with van der Waals surface area (Å²) < 4.78 is 24.4. The number of nitrogens with zero attached hydrogens (tertiary/aromatic N) is 1. The zero-order valence-corrected chi connectivity index (χ0v) is 13.9. The number of amides is 4. The number of hydrogen-bond acceptors (Lipinski definition) is 5. The lowest BCUT2D eigenvalue weighted by Crippen LogP contribution is -2.54. The van der Waals surface area contributed by atoms with Gasteiger partial charge in [-0.2, -0.15) is 0 Å². The second kappa shape index (κ2) is 6.56. The summed E-state index contributed by atoms with van der Waals surface area (Å²) in [5.74, 6) is -1.21. The molecule has 0 aliphatic carbocycles. The lowest BCUT2D eigenvalue weighted by atomic mass is 10.1. The minimum absolute atomic E-state index is 0.0260. The van der Waals surface area contributed by atoms with E-state index in [0.29, 0.717) is 35.2 Å². The molecule has 0 radical (unpaired) electrons. The van der Waals surface area contributed by atoms with Crippen LogP contribution in [0.25, 0.3) is 6.08 Å². The van der Waals surface area contributed by atoms with Crippen molar-refractivity contribution in [3.05, 3.63) is 59.4 Å². The standard InChI is InChI=1S/C19H13FN2O5/c20-12-2-1-3-13(10-12)22-18(24)14(17(23)21-19(22)25)8-11-4-5-15-16(9-11)27-7-6-26-15/h1-5,8-10H,6-7H2,(H,21,23,25)/b14-8+. The van der Waals surface area contributed by atoms with E-state index < -0.39 is 23.7 Å². The molecule has 0 bridgehead atoms. The van der Waals surface area contributed by atoms with Crippen LogP contribution in [0.15, 0.2) is 48.0 Å². The Hall–Kier alpha value is -3.68. The molecule has 0 atom stereocenters. The van der Waals surface area contributed by atoms with Crippen LogP contribution >= 0.6 is 0 Å². The number of benzene rings is 2. The van der Waals surface area contributed by atoms with Crippen LogP contribution in [0, 0.1) is 5.82 Å². The number of barbiturate groups is 1. The van der Waals surface area contributed by atoms with E-state index in [1.54, 1.807) is 18.2 Å². The Balaban J connectivity index is 1.71. The highest BCUT2D eigenvalue weighted by molar-refractivity contribution is 6.39. The molecule has 1 saturated heterocycles. The minimum Gasteiger partial charge on any atom is -0.486 e. The summed E-state index contributed by atoms with van der Waals surface area (Å²) in [6.45, 7) is 0.841. The van der Waals surface area contributed by atoms with Gasteiger partial charge in [-0.15, -0.1) is 0 Å². The van der Waals surface area contributed by atoms with Gasteiger partial charge >= 0.3 is 6.03 Å². The third kappa shape index (κ3) is 3.12. The van der Waals surface area contributed by atoms with Crippen molar-refractivity contribution in [2.45, 2.75) is 0 Å². The van der Waals surface area contributed by atoms with Crippen molar-refractivity contribution in [2.24, 2.45) is 0 Å². The monoisotopic (exact) mass is 368 g/mol. The maximum atomic E-state index is 13.5. The lowest BCUT2D eigenvalue weighted by molar-refractivity contribution is -0.122. The third-order valence-electron chi connectivity index (χ3n) is 4.05. The van der Waals surface area contributed by atoms with Crippen LogP contribution < -0.4 is 19.7 Å². The van der Waals surface area contributed by atoms with Crippen molar-refractivity contribution in [1.82, 2.24) is 5.32 Å². The summed E-state index contributed by atoms with van der Waals surface area (Å²) >= 11 is 0. The zero-order valence-electron chi connectivity index (χ0n) is 13.9. The second-order valence-corrected chi connectivity index (χ2v) is 5.84. The number of anilines is 1. The molecule has 2 aliphatic heterocycles. The summed E-state index contributed by atoms with van der Waals surface area (Å²) in [7, 11) is 0. The van der Waals surface area contributed by atoms with Crippen LogP contribution in [0.1, 0.15) is 5.56 Å². The molecule has 0 unspecified atom stereocenters. The number of carbonyl (C=O) groups is 3. The molecule has 4 rings (SSSR count). The molecule has 27 heavy (non-hydrogen) atoms. The predicted molar refractivity (Wildman–Crippen MR) is 92.8 cm³/mol. The molecule has 2 heterocycles. The SMILES string of the molecule is O=C1NC(=O)N(c2cccc(F)c2)C(=O)/C1=C/c1ccc2c(c1)OCCO2. The number of imide groups is 2. The van der Waals surface area contributed by atoms with Gasteiger partial charge in [-0.05, 0) is 42.0 Å². The van der Waals surface area contributed by atoms with E-state index in [1.807, 2.05) is 0 Å². The number of nitrogens with one attached hydrogen (secondary N) is 1. The van der Waals surface area contributed by atoms with Crippen molar-refractivity contribution in [1.29, 1.82) is 0 Å². The summed E-state index contributed by atoms with van der Waals surface area (Å²) in [4.78, 5) is 37.7. The van der Waals surface area contributed by atoms with E-state index in [0.717, 1.165) is 6.07 Å². The number of rotatable bonds is 2. The van der Waals surface area contributed by atoms with Gasteiger partial charge in [0, 0.05) is 0 Å². The predicted octanol–water partition coefficient (Wildman–Crippen LogP) is 2.26. The van der Waals surface area contributed by atoms with Gasteiger partial charge in [-0.1, -0.05) is 12.1 Å². The fourth-order valence-corrected chi connectivity index (χ4v) is 2.82. The van der Waals surface area contributed by atoms with Gasteiger partial charge in [0.2, 0.25) is 0 Å². The molecule has 136 valence electrons. The largest absolute Gasteiger partial charge is 0.486 e. The van der Waals surface area contributed by atoms with Crippen molar-refractivity contribution in [3.8, 4) is 11.5 Å². The summed E-state index contributed by atoms with van der Waals surface area (Å²) in [6.07, 6.45) is 1.34. The Labute approximate surface area is 153 Å². The first-order valence-corrected chi connectivity index (χ1v) is 8.09. The van der Waals surface area contributed by atoms with Crippen molar-refractivity contribution >= 4 is 29.6 Å². The van der Waals surface area contributed by atoms with Crippen LogP contribution in [0.2, 0.25) is 0 Å². The first-order chi connectivity index (χ1) is 13.0. The summed E-state index contributed by atoms with van der Waals surface area (Å²) in [5.41, 5.74) is 0.292. The number of ether oxygens (including phenoxy) is 2. The lowest BCUT2D eigenvalue weighted by Gasteiger charge is -2.26. The van der Waals surface area contributed by atoms with E-state index in [-0.39, 0.29) is 11.3 Å². The van der Waals surface area contributed by atoms with Gasteiger partial charge in [0.1, 0.15) is 24.6 Å². The van der Waals surface area contributed by atoms with E-state index in [1.165, 1.54) is 24.3 Å². The molecule has 0 aromatic heterocycles. The van der Waals surface area contributed by atoms with E-state index in [9.17, 15) is 18.8 Å². The average molecular weight is 368 g/mol. The molecule has 0 saturated carbocycles. The highest BCUT2D eigenvalue weighted by Crippen LogP contribution is 2.32. The minimum atomic E-state index is -0.935. The summed E-state index contributed by atoms with van der Waals surface area (Å²) in [5, 5.41) is 2.09. The molecule has 7 nitrogen and oxygen atoms in total. The van der Waals surface area contributed by atoms with Crippen LogP contribution in [-0.2, 0) is 9.59 Å². The van der Waals surface area contributed by atoms with Gasteiger partial charge in [-0.25, -0.2) is 14.1 Å². The summed E-state index contributed by atoms with van der Waals surface area (Å²) in [6, 6.07) is 9.01. The quantitative estimate of drug-likeness (QED) is 0.649. The van der Waals surface area contributed by atoms with Crippen LogP contribution in [0.3, 0.4) is 0 Å². The number of halogens is 1. The highest BCUT2D eigenvalue weighted by atomic mass is 19.1. The molecular formula is C19H13FN2O5. The average Bonchev–Trinajstić information content (AvgIpc) is 2.65. The molecular weight excluding hydrogens is 355 g/mol. The number of urea groups is 1. The van der Waals surface area contributed by atoms with Gasteiger partial charge in [-0.3, -0.25) is 14.9 Å². The maximum Gasteiger partial charge on any atom is 0.335 e. The third-order valence-corrected chi connectivity index (χ3v) is 4.05.